The lowest BCUT2D eigenvalue weighted by molar-refractivity contribution is -0.119. The fraction of sp³-hybridized carbons (Fsp3) is 0.0435. The summed E-state index contributed by atoms with van der Waals surface area (Å²) >= 11 is 7.17. The molecular weight excluding hydrogens is 480 g/mol. The minimum absolute atomic E-state index is 0.0273. The number of para-hydroxylation sites is 1. The Bertz CT molecular complexity index is 1500. The number of imide groups is 1. The predicted molar refractivity (Wildman–Crippen MR) is 125 cm³/mol. The summed E-state index contributed by atoms with van der Waals surface area (Å²) in [4.78, 5) is 51.4. The van der Waals surface area contributed by atoms with Crippen molar-refractivity contribution in [2.45, 2.75) is 0 Å². The van der Waals surface area contributed by atoms with Crippen LogP contribution < -0.4 is 10.2 Å². The van der Waals surface area contributed by atoms with Crippen molar-refractivity contribution in [2.24, 2.45) is 0 Å². The van der Waals surface area contributed by atoms with E-state index in [0.29, 0.717) is 16.7 Å². The number of nitrogens with zero attached hydrogens (tertiary/aromatic N) is 3. The van der Waals surface area contributed by atoms with Crippen LogP contribution in [0.4, 0.5) is 11.4 Å². The highest BCUT2D eigenvalue weighted by molar-refractivity contribution is 7.00. The number of nitrogens with one attached hydrogen (secondary N) is 1. The molecule has 1 aliphatic heterocycles. The highest BCUT2D eigenvalue weighted by Crippen LogP contribution is 2.33. The third-order valence-electron chi connectivity index (χ3n) is 5.11. The second kappa shape index (κ2) is 8.65. The lowest BCUT2D eigenvalue weighted by Crippen LogP contribution is -2.29. The molecule has 1 aliphatic rings. The molecule has 0 saturated heterocycles. The number of hydrogen-bond donors (Lipinski definition) is 1. The molecule has 0 saturated carbocycles. The van der Waals surface area contributed by atoms with Crippen LogP contribution >= 0.6 is 23.3 Å². The van der Waals surface area contributed by atoms with Crippen LogP contribution in [0.15, 0.2) is 60.7 Å². The van der Waals surface area contributed by atoms with Crippen LogP contribution in [0.2, 0.25) is 5.02 Å². The standard InChI is InChI=1S/C23H13ClN4O5S/c24-15-4-1-2-7-18(15)28-21(30)13-9-8-12(10-14(13)22(28)31)23(32)33-11-19(29)25-16-5-3-6-17-20(16)27-34-26-17/h1-10H,11H2,(H,25,29). The number of rotatable bonds is 5. The Morgan fingerprint density at radius 1 is 0.971 bits per heavy atom. The molecular formula is C23H13ClN4O5S. The van der Waals surface area contributed by atoms with Gasteiger partial charge in [-0.3, -0.25) is 14.4 Å². The van der Waals surface area contributed by atoms with Gasteiger partial charge < -0.3 is 10.1 Å². The molecule has 0 spiro atoms. The zero-order chi connectivity index (χ0) is 23.8. The molecule has 1 N–H and O–H groups in total. The summed E-state index contributed by atoms with van der Waals surface area (Å²) in [5.74, 6) is -2.53. The van der Waals surface area contributed by atoms with Gasteiger partial charge in [0.2, 0.25) is 0 Å². The minimum Gasteiger partial charge on any atom is -0.452 e. The van der Waals surface area contributed by atoms with Gasteiger partial charge in [0.05, 0.1) is 44.8 Å². The highest BCUT2D eigenvalue weighted by Gasteiger charge is 2.38. The summed E-state index contributed by atoms with van der Waals surface area (Å²) in [5, 5.41) is 2.87. The molecule has 0 bridgehead atoms. The smallest absolute Gasteiger partial charge is 0.338 e. The summed E-state index contributed by atoms with van der Waals surface area (Å²) in [6, 6.07) is 15.6. The summed E-state index contributed by atoms with van der Waals surface area (Å²) in [5.41, 5.74) is 2.10. The Morgan fingerprint density at radius 2 is 1.76 bits per heavy atom. The maximum atomic E-state index is 12.9. The van der Waals surface area contributed by atoms with Gasteiger partial charge in [-0.2, -0.15) is 8.75 Å². The molecule has 0 atom stereocenters. The van der Waals surface area contributed by atoms with Crippen LogP contribution in [0.5, 0.6) is 0 Å². The molecule has 3 amide bonds. The van der Waals surface area contributed by atoms with Gasteiger partial charge in [0.1, 0.15) is 11.0 Å². The lowest BCUT2D eigenvalue weighted by atomic mass is 10.1. The minimum atomic E-state index is -0.817. The van der Waals surface area contributed by atoms with E-state index in [0.717, 1.165) is 16.6 Å². The Balaban J connectivity index is 1.29. The first-order chi connectivity index (χ1) is 16.4. The molecule has 4 aromatic rings. The molecule has 3 aromatic carbocycles. The van der Waals surface area contributed by atoms with Gasteiger partial charge >= 0.3 is 5.97 Å². The van der Waals surface area contributed by atoms with Gasteiger partial charge in [-0.15, -0.1) is 0 Å². The number of aromatic nitrogens is 2. The van der Waals surface area contributed by atoms with Crippen LogP contribution in [-0.4, -0.2) is 39.0 Å². The molecule has 9 nitrogen and oxygen atoms in total. The van der Waals surface area contributed by atoms with Gasteiger partial charge in [0, 0.05) is 0 Å². The van der Waals surface area contributed by atoms with Gasteiger partial charge in [-0.25, -0.2) is 9.69 Å². The van der Waals surface area contributed by atoms with Crippen LogP contribution in [0, 0.1) is 0 Å². The van der Waals surface area contributed by atoms with Crippen molar-refractivity contribution in [2.75, 3.05) is 16.8 Å². The fourth-order valence-electron chi connectivity index (χ4n) is 3.53. The zero-order valence-electron chi connectivity index (χ0n) is 17.1. The van der Waals surface area contributed by atoms with E-state index >= 15 is 0 Å². The molecule has 0 unspecified atom stereocenters. The molecule has 34 heavy (non-hydrogen) atoms. The second-order valence-electron chi connectivity index (χ2n) is 7.22. The number of anilines is 2. The van der Waals surface area contributed by atoms with Crippen molar-refractivity contribution in [3.8, 4) is 0 Å². The highest BCUT2D eigenvalue weighted by atomic mass is 35.5. The van der Waals surface area contributed by atoms with Gasteiger partial charge in [-0.05, 0) is 42.5 Å². The van der Waals surface area contributed by atoms with E-state index < -0.39 is 30.3 Å². The molecule has 1 aromatic heterocycles. The predicted octanol–water partition coefficient (Wildman–Crippen LogP) is 3.94. The third kappa shape index (κ3) is 3.78. The van der Waals surface area contributed by atoms with Gasteiger partial charge in [-0.1, -0.05) is 29.8 Å². The molecule has 0 radical (unpaired) electrons. The van der Waals surface area contributed by atoms with Gasteiger partial charge in [0.25, 0.3) is 17.7 Å². The topological polar surface area (TPSA) is 119 Å². The number of ether oxygens (including phenoxy) is 1. The third-order valence-corrected chi connectivity index (χ3v) is 5.97. The SMILES string of the molecule is O=C(COC(=O)c1ccc2c(c1)C(=O)N(c1ccccc1Cl)C2=O)Nc1cccc2nsnc12. The van der Waals surface area contributed by atoms with E-state index in [1.54, 1.807) is 42.5 Å². The summed E-state index contributed by atoms with van der Waals surface area (Å²) in [6.07, 6.45) is 0. The van der Waals surface area contributed by atoms with Gasteiger partial charge in [0.15, 0.2) is 6.61 Å². The van der Waals surface area contributed by atoms with E-state index in [4.69, 9.17) is 16.3 Å². The Hall–Kier alpha value is -4.15. The average Bonchev–Trinajstić information content (AvgIpc) is 3.41. The number of esters is 1. The maximum Gasteiger partial charge on any atom is 0.338 e. The van der Waals surface area contributed by atoms with E-state index in [9.17, 15) is 19.2 Å². The Kier molecular flexibility index (Phi) is 5.52. The van der Waals surface area contributed by atoms with E-state index in [1.165, 1.54) is 18.2 Å². The normalized spacial score (nSPS) is 12.7. The first-order valence-electron chi connectivity index (χ1n) is 9.89. The summed E-state index contributed by atoms with van der Waals surface area (Å²) in [7, 11) is 0. The van der Waals surface area contributed by atoms with E-state index in [1.807, 2.05) is 0 Å². The molecule has 0 aliphatic carbocycles. The first-order valence-corrected chi connectivity index (χ1v) is 11.0. The number of benzene rings is 3. The number of fused-ring (bicyclic) bond motifs is 2. The van der Waals surface area contributed by atoms with E-state index in [-0.39, 0.29) is 27.4 Å². The summed E-state index contributed by atoms with van der Waals surface area (Å²) in [6.45, 7) is -0.553. The monoisotopic (exact) mass is 492 g/mol. The molecule has 0 fully saturated rings. The quantitative estimate of drug-likeness (QED) is 0.331. The maximum absolute atomic E-state index is 12.9. The number of carbonyl (C=O) groups excluding carboxylic acids is 4. The van der Waals surface area contributed by atoms with Crippen LogP contribution in [0.1, 0.15) is 31.1 Å². The molecule has 168 valence electrons. The Labute approximate surface area is 201 Å². The molecule has 5 rings (SSSR count). The van der Waals surface area contributed by atoms with Crippen LogP contribution in [0.3, 0.4) is 0 Å². The fourth-order valence-corrected chi connectivity index (χ4v) is 4.30. The van der Waals surface area contributed by atoms with Crippen LogP contribution in [-0.2, 0) is 9.53 Å². The first kappa shape index (κ1) is 21.7. The van der Waals surface area contributed by atoms with E-state index in [2.05, 4.69) is 14.1 Å². The Morgan fingerprint density at radius 3 is 2.59 bits per heavy atom. The molecule has 2 heterocycles. The number of hydrogen-bond acceptors (Lipinski definition) is 8. The molecule has 11 heteroatoms. The largest absolute Gasteiger partial charge is 0.452 e. The number of carbonyl (C=O) groups is 4. The van der Waals surface area contributed by atoms with Crippen molar-refractivity contribution in [1.82, 2.24) is 8.75 Å². The van der Waals surface area contributed by atoms with Crippen molar-refractivity contribution in [1.29, 1.82) is 0 Å². The zero-order valence-corrected chi connectivity index (χ0v) is 18.7. The van der Waals surface area contributed by atoms with Crippen molar-refractivity contribution in [3.05, 3.63) is 82.4 Å². The lowest BCUT2D eigenvalue weighted by Gasteiger charge is -2.15. The number of halogens is 1. The van der Waals surface area contributed by atoms with Crippen LogP contribution in [0.25, 0.3) is 11.0 Å². The average molecular weight is 493 g/mol. The van der Waals surface area contributed by atoms with Crippen molar-refractivity contribution >= 4 is 69.4 Å². The number of amides is 3. The second-order valence-corrected chi connectivity index (χ2v) is 8.15. The summed E-state index contributed by atoms with van der Waals surface area (Å²) < 4.78 is 13.3. The van der Waals surface area contributed by atoms with Crippen molar-refractivity contribution < 1.29 is 23.9 Å². The van der Waals surface area contributed by atoms with Crippen molar-refractivity contribution in [3.63, 3.8) is 0 Å².